The van der Waals surface area contributed by atoms with Crippen LogP contribution in [-0.2, 0) is 10.8 Å². The van der Waals surface area contributed by atoms with Crippen LogP contribution >= 0.6 is 0 Å². The number of rotatable bonds is 4. The monoisotopic (exact) mass is 792 g/mol. The molecule has 10 aromatic rings. The molecule has 0 radical (unpaired) electrons. The van der Waals surface area contributed by atoms with Gasteiger partial charge in [0, 0.05) is 0 Å². The van der Waals surface area contributed by atoms with Crippen LogP contribution in [0.5, 0.6) is 0 Å². The summed E-state index contributed by atoms with van der Waals surface area (Å²) in [6.07, 6.45) is 0. The molecule has 0 bridgehead atoms. The molecule has 0 heteroatoms. The van der Waals surface area contributed by atoms with Crippen LogP contribution in [0.1, 0.15) is 52.7 Å². The molecule has 62 heavy (non-hydrogen) atoms. The highest BCUT2D eigenvalue weighted by molar-refractivity contribution is 6.35. The van der Waals surface area contributed by atoms with Gasteiger partial charge >= 0.3 is 0 Å². The first kappa shape index (κ1) is 36.8. The first-order chi connectivity index (χ1) is 30.1. The Bertz CT molecular complexity index is 3270. The van der Waals surface area contributed by atoms with Gasteiger partial charge in [0.1, 0.15) is 0 Å². The lowest BCUT2D eigenvalue weighted by atomic mass is 9.75. The summed E-state index contributed by atoms with van der Waals surface area (Å²) in [6.45, 7) is 14.1. The SMILES string of the molecule is CC(C)(C)c1ccccc1-c1c2c(c(-c3ccccc3C(C)(C)C)c3ccccc13)-c1ccc3c4c(ccc-2c14)-c1c-3c(-c2ccccc2)c2ccccc2c1-c1ccccc1. The van der Waals surface area contributed by atoms with E-state index < -0.39 is 0 Å². The maximum Gasteiger partial charge on any atom is -0.000730 e. The summed E-state index contributed by atoms with van der Waals surface area (Å²) in [5.41, 5.74) is 23.7. The van der Waals surface area contributed by atoms with Gasteiger partial charge in [0.25, 0.3) is 0 Å². The largest absolute Gasteiger partial charge is 0.0622 e. The molecule has 0 atom stereocenters. The van der Waals surface area contributed by atoms with Crippen molar-refractivity contribution in [3.8, 4) is 89.0 Å². The molecule has 0 fully saturated rings. The fourth-order valence-corrected chi connectivity index (χ4v) is 11.4. The average molecular weight is 793 g/mol. The predicted octanol–water partition coefficient (Wildman–Crippen LogP) is 17.7. The smallest absolute Gasteiger partial charge is 0.000730 e. The zero-order valence-corrected chi connectivity index (χ0v) is 36.3. The van der Waals surface area contributed by atoms with Crippen molar-refractivity contribution in [1.29, 1.82) is 0 Å². The Morgan fingerprint density at radius 3 is 0.839 bits per heavy atom. The van der Waals surface area contributed by atoms with Gasteiger partial charge in [0.2, 0.25) is 0 Å². The number of hydrogen-bond acceptors (Lipinski definition) is 0. The van der Waals surface area contributed by atoms with Crippen molar-refractivity contribution < 1.29 is 0 Å². The van der Waals surface area contributed by atoms with E-state index in [9.17, 15) is 0 Å². The Morgan fingerprint density at radius 1 is 0.226 bits per heavy atom. The molecule has 0 unspecified atom stereocenters. The van der Waals surface area contributed by atoms with Crippen molar-refractivity contribution in [2.75, 3.05) is 0 Å². The molecule has 10 aromatic carbocycles. The van der Waals surface area contributed by atoms with E-state index in [0.29, 0.717) is 0 Å². The third-order valence-corrected chi connectivity index (χ3v) is 13.8. The molecule has 0 amide bonds. The summed E-state index contributed by atoms with van der Waals surface area (Å²) >= 11 is 0. The van der Waals surface area contributed by atoms with Crippen molar-refractivity contribution in [1.82, 2.24) is 0 Å². The topological polar surface area (TPSA) is 0 Å². The maximum atomic E-state index is 2.48. The van der Waals surface area contributed by atoms with Crippen molar-refractivity contribution >= 4 is 32.3 Å². The van der Waals surface area contributed by atoms with Gasteiger partial charge in [-0.2, -0.15) is 0 Å². The van der Waals surface area contributed by atoms with E-state index in [4.69, 9.17) is 0 Å². The molecule has 0 aliphatic heterocycles. The molecular formula is C62H48. The molecule has 0 heterocycles. The molecule has 0 N–H and O–H groups in total. The van der Waals surface area contributed by atoms with Gasteiger partial charge in [-0.15, -0.1) is 0 Å². The van der Waals surface area contributed by atoms with Crippen molar-refractivity contribution in [3.05, 3.63) is 193 Å². The standard InChI is InChI=1S/C62H48/c1-61(2,3)49-31-19-17-29-43(49)53-41-27-15-16-28-42(41)54(44-30-18-20-32-50(44)62(4,5)6)60-48-36-34-46-55-45(33-35-47(56(48)55)59(53)60)57-51(37-21-9-7-10-22-37)39-25-13-14-26-40(39)52(58(46)57)38-23-11-8-12-24-38/h7-36H,1-6H3. The highest BCUT2D eigenvalue weighted by Gasteiger charge is 2.38. The Kier molecular flexibility index (Phi) is 7.86. The van der Waals surface area contributed by atoms with E-state index >= 15 is 0 Å². The first-order valence-corrected chi connectivity index (χ1v) is 22.2. The number of benzene rings is 10. The lowest BCUT2D eigenvalue weighted by Crippen LogP contribution is -2.13. The molecule has 0 spiro atoms. The van der Waals surface area contributed by atoms with E-state index in [-0.39, 0.29) is 10.8 Å². The highest BCUT2D eigenvalue weighted by atomic mass is 14.4. The third kappa shape index (κ3) is 5.13. The van der Waals surface area contributed by atoms with E-state index in [1.807, 2.05) is 0 Å². The number of fused-ring (bicyclic) bond motifs is 8. The van der Waals surface area contributed by atoms with Gasteiger partial charge in [-0.3, -0.25) is 0 Å². The second-order valence-corrected chi connectivity index (χ2v) is 19.5. The fraction of sp³-hybridized carbons (Fsp3) is 0.129. The summed E-state index contributed by atoms with van der Waals surface area (Å²) in [6, 6.07) is 68.8. The van der Waals surface area contributed by atoms with Crippen LogP contribution in [0.2, 0.25) is 0 Å². The minimum absolute atomic E-state index is 0.0614. The van der Waals surface area contributed by atoms with Crippen LogP contribution in [-0.4, -0.2) is 0 Å². The first-order valence-electron chi connectivity index (χ1n) is 22.2. The van der Waals surface area contributed by atoms with Crippen LogP contribution in [0.3, 0.4) is 0 Å². The molecule has 2 aliphatic carbocycles. The van der Waals surface area contributed by atoms with Crippen molar-refractivity contribution in [2.24, 2.45) is 0 Å². The summed E-state index contributed by atoms with van der Waals surface area (Å²) in [5.74, 6) is 0. The van der Waals surface area contributed by atoms with Gasteiger partial charge in [0.05, 0.1) is 0 Å². The Morgan fingerprint density at radius 2 is 0.500 bits per heavy atom. The van der Waals surface area contributed by atoms with E-state index in [2.05, 4.69) is 224 Å². The fourth-order valence-electron chi connectivity index (χ4n) is 11.4. The summed E-state index contributed by atoms with van der Waals surface area (Å²) in [4.78, 5) is 0. The minimum Gasteiger partial charge on any atom is -0.0622 e. The maximum absolute atomic E-state index is 2.48. The minimum atomic E-state index is -0.0614. The molecule has 0 saturated carbocycles. The van der Waals surface area contributed by atoms with Crippen molar-refractivity contribution in [2.45, 2.75) is 52.4 Å². The highest BCUT2D eigenvalue weighted by Crippen LogP contribution is 2.65. The molecule has 2 aliphatic rings. The summed E-state index contributed by atoms with van der Waals surface area (Å²) in [5, 5.41) is 7.90. The van der Waals surface area contributed by atoms with Crippen LogP contribution in [0, 0.1) is 0 Å². The molecule has 296 valence electrons. The molecular weight excluding hydrogens is 745 g/mol. The average Bonchev–Trinajstić information content (AvgIpc) is 3.79. The van der Waals surface area contributed by atoms with Gasteiger partial charge < -0.3 is 0 Å². The van der Waals surface area contributed by atoms with Crippen LogP contribution in [0.4, 0.5) is 0 Å². The van der Waals surface area contributed by atoms with Gasteiger partial charge in [-0.1, -0.05) is 224 Å². The predicted molar refractivity (Wildman–Crippen MR) is 267 cm³/mol. The van der Waals surface area contributed by atoms with E-state index in [1.165, 1.54) is 132 Å². The molecule has 0 nitrogen and oxygen atoms in total. The zero-order valence-electron chi connectivity index (χ0n) is 36.3. The van der Waals surface area contributed by atoms with Gasteiger partial charge in [-0.25, -0.2) is 0 Å². The lowest BCUT2D eigenvalue weighted by Gasteiger charge is -2.28. The van der Waals surface area contributed by atoms with Gasteiger partial charge in [-0.05, 0) is 143 Å². The normalized spacial score (nSPS) is 12.7. The molecule has 0 saturated heterocycles. The van der Waals surface area contributed by atoms with E-state index in [0.717, 1.165) is 0 Å². The Balaban J connectivity index is 1.29. The summed E-state index contributed by atoms with van der Waals surface area (Å²) in [7, 11) is 0. The zero-order chi connectivity index (χ0) is 42.1. The number of hydrogen-bond donors (Lipinski definition) is 0. The quantitative estimate of drug-likeness (QED) is 0.167. The van der Waals surface area contributed by atoms with Crippen LogP contribution in [0.15, 0.2) is 182 Å². The second-order valence-electron chi connectivity index (χ2n) is 19.5. The molecule has 12 rings (SSSR count). The van der Waals surface area contributed by atoms with E-state index in [1.54, 1.807) is 0 Å². The molecule has 0 aromatic heterocycles. The van der Waals surface area contributed by atoms with Crippen LogP contribution < -0.4 is 0 Å². The second kappa shape index (κ2) is 13.2. The Labute approximate surface area is 365 Å². The summed E-state index contributed by atoms with van der Waals surface area (Å²) < 4.78 is 0. The van der Waals surface area contributed by atoms with Gasteiger partial charge in [0.15, 0.2) is 0 Å². The third-order valence-electron chi connectivity index (χ3n) is 13.8. The van der Waals surface area contributed by atoms with Crippen LogP contribution in [0.25, 0.3) is 121 Å². The lowest BCUT2D eigenvalue weighted by molar-refractivity contribution is 0.591. The Hall–Kier alpha value is -7.02. The van der Waals surface area contributed by atoms with Crippen molar-refractivity contribution in [3.63, 3.8) is 0 Å².